The van der Waals surface area contributed by atoms with Gasteiger partial charge in [-0.15, -0.1) is 0 Å². The summed E-state index contributed by atoms with van der Waals surface area (Å²) >= 11 is 0. The second-order valence-corrected chi connectivity index (χ2v) is 9.07. The standard InChI is InChI=1S/C29H16N6O2/c1-4-12-20-17(9-1)25-18-10-2-8-16-24(18)36-26(25)34(20)27-31-29(37-32-27)35-23-15-7-6-14-22(23)33-21-13-5-3-11-19(21)30-28(33)35/h1-16H. The highest BCUT2D eigenvalue weighted by Gasteiger charge is 2.24. The quantitative estimate of drug-likeness (QED) is 0.276. The van der Waals surface area contributed by atoms with Gasteiger partial charge in [0, 0.05) is 10.8 Å². The van der Waals surface area contributed by atoms with Gasteiger partial charge in [-0.1, -0.05) is 60.7 Å². The lowest BCUT2D eigenvalue weighted by atomic mass is 10.1. The minimum atomic E-state index is 0.332. The summed E-state index contributed by atoms with van der Waals surface area (Å²) in [6, 6.07) is 32.7. The van der Waals surface area contributed by atoms with Crippen LogP contribution in [0.4, 0.5) is 0 Å². The van der Waals surface area contributed by atoms with Crippen molar-refractivity contribution in [3.05, 3.63) is 97.1 Å². The van der Waals surface area contributed by atoms with Crippen molar-refractivity contribution in [2.45, 2.75) is 0 Å². The number of para-hydroxylation sites is 6. The van der Waals surface area contributed by atoms with Crippen LogP contribution in [0.2, 0.25) is 0 Å². The maximum atomic E-state index is 6.32. The predicted molar refractivity (Wildman–Crippen MR) is 141 cm³/mol. The van der Waals surface area contributed by atoms with Crippen LogP contribution in [-0.2, 0) is 0 Å². The summed E-state index contributed by atoms with van der Waals surface area (Å²) in [7, 11) is 0. The third kappa shape index (κ3) is 2.34. The van der Waals surface area contributed by atoms with Crippen molar-refractivity contribution in [1.29, 1.82) is 0 Å². The SMILES string of the molecule is c1ccc2c(c1)nc1n(-c3nc(-n4c5ccccc5c5c6ccccc6oc54)no3)c3ccccc3n21. The van der Waals surface area contributed by atoms with Gasteiger partial charge in [0.05, 0.1) is 33.0 Å². The second-order valence-electron chi connectivity index (χ2n) is 9.07. The summed E-state index contributed by atoms with van der Waals surface area (Å²) in [6.07, 6.45) is 0. The number of imidazole rings is 2. The molecule has 8 heteroatoms. The van der Waals surface area contributed by atoms with E-state index in [-0.39, 0.29) is 0 Å². The van der Waals surface area contributed by atoms with Crippen molar-refractivity contribution in [2.75, 3.05) is 0 Å². The molecular formula is C29H16N6O2. The molecule has 0 bridgehead atoms. The molecule has 174 valence electrons. The van der Waals surface area contributed by atoms with Crippen LogP contribution in [0.15, 0.2) is 106 Å². The Hall–Kier alpha value is -5.37. The van der Waals surface area contributed by atoms with Gasteiger partial charge in [-0.25, -0.2) is 14.1 Å². The summed E-state index contributed by atoms with van der Waals surface area (Å²) in [5, 5.41) is 7.57. The summed E-state index contributed by atoms with van der Waals surface area (Å²) < 4.78 is 18.2. The lowest BCUT2D eigenvalue weighted by Gasteiger charge is -1.99. The lowest BCUT2D eigenvalue weighted by Crippen LogP contribution is -1.98. The fourth-order valence-corrected chi connectivity index (χ4v) is 5.57. The second kappa shape index (κ2) is 6.64. The molecule has 0 aliphatic carbocycles. The third-order valence-electron chi connectivity index (χ3n) is 7.10. The van der Waals surface area contributed by atoms with E-state index in [9.17, 15) is 0 Å². The Labute approximate surface area is 207 Å². The molecule has 4 aromatic carbocycles. The number of hydrogen-bond donors (Lipinski definition) is 0. The first-order valence-electron chi connectivity index (χ1n) is 12.0. The van der Waals surface area contributed by atoms with E-state index in [4.69, 9.17) is 18.9 Å². The van der Waals surface area contributed by atoms with Gasteiger partial charge in [0.2, 0.25) is 11.5 Å². The van der Waals surface area contributed by atoms with Crippen molar-refractivity contribution >= 4 is 60.8 Å². The van der Waals surface area contributed by atoms with Crippen LogP contribution >= 0.6 is 0 Å². The van der Waals surface area contributed by atoms with Crippen molar-refractivity contribution in [3.8, 4) is 12.0 Å². The fourth-order valence-electron chi connectivity index (χ4n) is 5.57. The van der Waals surface area contributed by atoms with Gasteiger partial charge in [-0.3, -0.25) is 4.40 Å². The smallest absolute Gasteiger partial charge is 0.337 e. The van der Waals surface area contributed by atoms with Crippen LogP contribution in [0.3, 0.4) is 0 Å². The Morgan fingerprint density at radius 1 is 0.595 bits per heavy atom. The third-order valence-corrected chi connectivity index (χ3v) is 7.10. The summed E-state index contributed by atoms with van der Waals surface area (Å²) in [6.45, 7) is 0. The fraction of sp³-hybridized carbons (Fsp3) is 0. The van der Waals surface area contributed by atoms with Gasteiger partial charge in [-0.2, -0.15) is 4.98 Å². The molecule has 0 unspecified atom stereocenters. The monoisotopic (exact) mass is 480 g/mol. The minimum absolute atomic E-state index is 0.332. The molecule has 5 heterocycles. The van der Waals surface area contributed by atoms with Crippen LogP contribution in [-0.4, -0.2) is 28.7 Å². The maximum Gasteiger partial charge on any atom is 0.337 e. The molecule has 5 aromatic heterocycles. The van der Waals surface area contributed by atoms with Gasteiger partial charge < -0.3 is 8.94 Å². The number of nitrogens with zero attached hydrogens (tertiary/aromatic N) is 6. The Bertz CT molecular complexity index is 2160. The molecule has 0 saturated carbocycles. The van der Waals surface area contributed by atoms with Crippen LogP contribution in [0.25, 0.3) is 72.8 Å². The first-order chi connectivity index (χ1) is 18.4. The first kappa shape index (κ1) is 18.9. The van der Waals surface area contributed by atoms with Crippen LogP contribution in [0.5, 0.6) is 0 Å². The summed E-state index contributed by atoms with van der Waals surface area (Å²) in [5.41, 5.74) is 6.31. The van der Waals surface area contributed by atoms with Crippen molar-refractivity contribution in [1.82, 2.24) is 28.7 Å². The lowest BCUT2D eigenvalue weighted by molar-refractivity contribution is 0.404. The Morgan fingerprint density at radius 3 is 2.19 bits per heavy atom. The summed E-state index contributed by atoms with van der Waals surface area (Å²) in [4.78, 5) is 9.77. The van der Waals surface area contributed by atoms with Gasteiger partial charge in [-0.05, 0) is 41.6 Å². The van der Waals surface area contributed by atoms with Crippen LogP contribution in [0, 0.1) is 0 Å². The molecule has 0 fully saturated rings. The van der Waals surface area contributed by atoms with Crippen molar-refractivity contribution in [3.63, 3.8) is 0 Å². The van der Waals surface area contributed by atoms with E-state index >= 15 is 0 Å². The average molecular weight is 480 g/mol. The van der Waals surface area contributed by atoms with Crippen LogP contribution < -0.4 is 0 Å². The number of aromatic nitrogens is 6. The van der Waals surface area contributed by atoms with E-state index in [0.29, 0.717) is 23.5 Å². The first-order valence-corrected chi connectivity index (χ1v) is 12.0. The molecule has 0 saturated heterocycles. The Kier molecular flexibility index (Phi) is 3.39. The molecule has 0 aliphatic rings. The topological polar surface area (TPSA) is 79.2 Å². The number of rotatable bonds is 2. The van der Waals surface area contributed by atoms with Gasteiger partial charge >= 0.3 is 6.01 Å². The Balaban J connectivity index is 1.35. The zero-order chi connectivity index (χ0) is 24.1. The van der Waals surface area contributed by atoms with Gasteiger partial charge in [0.25, 0.3) is 5.95 Å². The molecule has 9 rings (SSSR count). The zero-order valence-electron chi connectivity index (χ0n) is 19.2. The highest BCUT2D eigenvalue weighted by molar-refractivity contribution is 6.19. The normalized spacial score (nSPS) is 12.3. The van der Waals surface area contributed by atoms with Gasteiger partial charge in [0.1, 0.15) is 5.58 Å². The molecule has 0 radical (unpaired) electrons. The molecule has 0 aliphatic heterocycles. The van der Waals surface area contributed by atoms with E-state index < -0.39 is 0 Å². The molecule has 9 aromatic rings. The molecular weight excluding hydrogens is 464 g/mol. The van der Waals surface area contributed by atoms with Gasteiger partial charge in [0.15, 0.2) is 0 Å². The molecule has 0 N–H and O–H groups in total. The van der Waals surface area contributed by atoms with Crippen molar-refractivity contribution in [2.24, 2.45) is 0 Å². The number of furan rings is 1. The highest BCUT2D eigenvalue weighted by atomic mass is 16.5. The van der Waals surface area contributed by atoms with E-state index in [1.807, 2.05) is 81.9 Å². The van der Waals surface area contributed by atoms with E-state index in [1.165, 1.54) is 0 Å². The molecule has 0 spiro atoms. The zero-order valence-corrected chi connectivity index (χ0v) is 19.2. The van der Waals surface area contributed by atoms with Crippen LogP contribution in [0.1, 0.15) is 0 Å². The minimum Gasteiger partial charge on any atom is -0.439 e. The Morgan fingerprint density at radius 2 is 1.30 bits per heavy atom. The highest BCUT2D eigenvalue weighted by Crippen LogP contribution is 2.38. The maximum absolute atomic E-state index is 6.32. The largest absolute Gasteiger partial charge is 0.439 e. The van der Waals surface area contributed by atoms with Crippen molar-refractivity contribution < 1.29 is 8.94 Å². The predicted octanol–water partition coefficient (Wildman–Crippen LogP) is 6.66. The average Bonchev–Trinajstić information content (AvgIpc) is 3.73. The van der Waals surface area contributed by atoms with E-state index in [2.05, 4.69) is 33.8 Å². The number of fused-ring (bicyclic) bond motifs is 10. The number of hydrogen-bond acceptors (Lipinski definition) is 5. The van der Waals surface area contributed by atoms with E-state index in [1.54, 1.807) is 0 Å². The molecule has 8 nitrogen and oxygen atoms in total. The van der Waals surface area contributed by atoms with E-state index in [0.717, 1.165) is 49.3 Å². The molecule has 37 heavy (non-hydrogen) atoms. The molecule has 0 amide bonds. The number of benzene rings is 4. The summed E-state index contributed by atoms with van der Waals surface area (Å²) in [5.74, 6) is 1.11. The molecule has 0 atom stereocenters.